The number of anilines is 1. The number of hydrogen-bond donors (Lipinski definition) is 0. The van der Waals surface area contributed by atoms with Crippen molar-refractivity contribution in [3.05, 3.63) is 54.6 Å². The van der Waals surface area contributed by atoms with Crippen LogP contribution in [0.15, 0.2) is 49.1 Å². The number of carbonyl (C=O) groups is 1. The van der Waals surface area contributed by atoms with Gasteiger partial charge in [0.2, 0.25) is 0 Å². The van der Waals surface area contributed by atoms with Crippen LogP contribution in [-0.2, 0) is 20.8 Å². The third-order valence-corrected chi connectivity index (χ3v) is 4.79. The molecule has 26 heavy (non-hydrogen) atoms. The molecule has 0 bridgehead atoms. The number of amides is 1. The maximum absolute atomic E-state index is 12.4. The second-order valence-corrected chi connectivity index (χ2v) is 6.78. The van der Waals surface area contributed by atoms with E-state index in [1.165, 1.54) is 5.56 Å². The molecule has 1 atom stereocenters. The van der Waals surface area contributed by atoms with Gasteiger partial charge >= 0.3 is 0 Å². The van der Waals surface area contributed by atoms with Crippen LogP contribution in [0.4, 0.5) is 5.69 Å². The Labute approximate surface area is 152 Å². The summed E-state index contributed by atoms with van der Waals surface area (Å²) in [7, 11) is 0. The Morgan fingerprint density at radius 3 is 2.81 bits per heavy atom. The Hall–Kier alpha value is -2.35. The number of ether oxygens (including phenoxy) is 2. The van der Waals surface area contributed by atoms with Crippen LogP contribution in [0.2, 0.25) is 0 Å². The molecular weight excluding hydrogens is 332 g/mol. The quantitative estimate of drug-likeness (QED) is 0.823. The van der Waals surface area contributed by atoms with Crippen molar-refractivity contribution in [2.75, 3.05) is 44.4 Å². The monoisotopic (exact) mass is 354 g/mol. The van der Waals surface area contributed by atoms with Crippen molar-refractivity contribution in [3.8, 4) is 0 Å². The van der Waals surface area contributed by atoms with E-state index in [1.54, 1.807) is 29.7 Å². The fourth-order valence-electron chi connectivity index (χ4n) is 3.51. The molecule has 1 amide bonds. The Kier molecular flexibility index (Phi) is 4.92. The summed E-state index contributed by atoms with van der Waals surface area (Å²) in [6.45, 7) is 3.98. The average Bonchev–Trinajstić information content (AvgIpc) is 2.88. The van der Waals surface area contributed by atoms with Crippen LogP contribution in [0.5, 0.6) is 0 Å². The number of nitrogens with zero attached hydrogens (tertiary/aromatic N) is 4. The summed E-state index contributed by atoms with van der Waals surface area (Å²) in [5, 5.41) is 0. The second-order valence-electron chi connectivity index (χ2n) is 6.78. The van der Waals surface area contributed by atoms with Crippen molar-refractivity contribution in [3.63, 3.8) is 0 Å². The lowest BCUT2D eigenvalue weighted by Gasteiger charge is -2.43. The first kappa shape index (κ1) is 17.1. The molecule has 2 aliphatic rings. The maximum atomic E-state index is 12.4. The van der Waals surface area contributed by atoms with Crippen molar-refractivity contribution in [1.29, 1.82) is 0 Å². The van der Waals surface area contributed by atoms with Gasteiger partial charge < -0.3 is 14.4 Å². The van der Waals surface area contributed by atoms with Crippen LogP contribution in [0.25, 0.3) is 0 Å². The lowest BCUT2D eigenvalue weighted by Crippen LogP contribution is -2.60. The first-order valence-corrected chi connectivity index (χ1v) is 8.77. The average molecular weight is 354 g/mol. The minimum atomic E-state index is -0.534. The summed E-state index contributed by atoms with van der Waals surface area (Å²) >= 11 is 0. The number of aromatic nitrogens is 2. The molecule has 2 saturated heterocycles. The minimum Gasteiger partial charge on any atom is -0.377 e. The zero-order valence-electron chi connectivity index (χ0n) is 14.6. The molecule has 2 fully saturated rings. The van der Waals surface area contributed by atoms with Gasteiger partial charge in [-0.2, -0.15) is 0 Å². The van der Waals surface area contributed by atoms with Gasteiger partial charge in [-0.25, -0.2) is 0 Å². The van der Waals surface area contributed by atoms with Crippen LogP contribution in [-0.4, -0.2) is 65.8 Å². The fourth-order valence-corrected chi connectivity index (χ4v) is 3.51. The van der Waals surface area contributed by atoms with E-state index in [4.69, 9.17) is 9.47 Å². The summed E-state index contributed by atoms with van der Waals surface area (Å²) in [5.74, 6) is -0.0476. The smallest absolute Gasteiger partial charge is 0.253 e. The highest BCUT2D eigenvalue weighted by Gasteiger charge is 2.43. The molecule has 0 aromatic carbocycles. The summed E-state index contributed by atoms with van der Waals surface area (Å²) in [5.41, 5.74) is 1.46. The highest BCUT2D eigenvalue weighted by atomic mass is 16.6. The SMILES string of the molecule is O=C1COC2(COCCN(Cc3ccncc3)C2)CN1c1cccnc1. The number of hydrogen-bond acceptors (Lipinski definition) is 6. The molecule has 0 radical (unpaired) electrons. The van der Waals surface area contributed by atoms with Crippen molar-refractivity contribution >= 4 is 11.6 Å². The molecule has 136 valence electrons. The minimum absolute atomic E-state index is 0.0476. The van der Waals surface area contributed by atoms with Crippen molar-refractivity contribution in [2.24, 2.45) is 0 Å². The maximum Gasteiger partial charge on any atom is 0.253 e. The van der Waals surface area contributed by atoms with Gasteiger partial charge in [0.05, 0.1) is 31.6 Å². The van der Waals surface area contributed by atoms with Gasteiger partial charge in [-0.15, -0.1) is 0 Å². The van der Waals surface area contributed by atoms with E-state index >= 15 is 0 Å². The normalized spacial score (nSPS) is 24.6. The number of carbonyl (C=O) groups excluding carboxylic acids is 1. The molecule has 1 unspecified atom stereocenters. The molecule has 4 rings (SSSR count). The van der Waals surface area contributed by atoms with E-state index < -0.39 is 5.60 Å². The van der Waals surface area contributed by atoms with E-state index in [1.807, 2.05) is 24.3 Å². The van der Waals surface area contributed by atoms with Gasteiger partial charge in [-0.1, -0.05) is 0 Å². The van der Waals surface area contributed by atoms with Gasteiger partial charge in [0.1, 0.15) is 12.2 Å². The lowest BCUT2D eigenvalue weighted by molar-refractivity contribution is -0.146. The highest BCUT2D eigenvalue weighted by Crippen LogP contribution is 2.27. The molecule has 7 heteroatoms. The van der Waals surface area contributed by atoms with Crippen molar-refractivity contribution in [2.45, 2.75) is 12.1 Å². The predicted molar refractivity (Wildman–Crippen MR) is 95.6 cm³/mol. The molecule has 2 aromatic rings. The lowest BCUT2D eigenvalue weighted by atomic mass is 10.0. The summed E-state index contributed by atoms with van der Waals surface area (Å²) < 4.78 is 11.9. The Morgan fingerprint density at radius 1 is 1.12 bits per heavy atom. The Bertz CT molecular complexity index is 743. The highest BCUT2D eigenvalue weighted by molar-refractivity contribution is 5.95. The van der Waals surface area contributed by atoms with Gasteiger partial charge in [0.25, 0.3) is 5.91 Å². The molecular formula is C19H22N4O3. The third kappa shape index (κ3) is 3.75. The number of morpholine rings is 1. The van der Waals surface area contributed by atoms with Gasteiger partial charge in [0, 0.05) is 38.2 Å². The molecule has 2 aliphatic heterocycles. The predicted octanol–water partition coefficient (Wildman–Crippen LogP) is 1.11. The second kappa shape index (κ2) is 7.49. The Balaban J connectivity index is 1.53. The van der Waals surface area contributed by atoms with E-state index in [2.05, 4.69) is 14.9 Å². The van der Waals surface area contributed by atoms with E-state index in [0.717, 1.165) is 18.8 Å². The van der Waals surface area contributed by atoms with Gasteiger partial charge in [-0.05, 0) is 29.8 Å². The molecule has 1 spiro atoms. The van der Waals surface area contributed by atoms with Crippen LogP contribution in [0.1, 0.15) is 5.56 Å². The van der Waals surface area contributed by atoms with Crippen LogP contribution in [0.3, 0.4) is 0 Å². The molecule has 4 heterocycles. The third-order valence-electron chi connectivity index (χ3n) is 4.79. The van der Waals surface area contributed by atoms with Gasteiger partial charge in [0.15, 0.2) is 0 Å². The zero-order chi connectivity index (χ0) is 17.8. The summed E-state index contributed by atoms with van der Waals surface area (Å²) in [6, 6.07) is 7.78. The molecule has 7 nitrogen and oxygen atoms in total. The van der Waals surface area contributed by atoms with E-state index in [9.17, 15) is 4.79 Å². The van der Waals surface area contributed by atoms with Crippen LogP contribution < -0.4 is 4.90 Å². The topological polar surface area (TPSA) is 67.8 Å². The van der Waals surface area contributed by atoms with Crippen LogP contribution >= 0.6 is 0 Å². The van der Waals surface area contributed by atoms with Crippen molar-refractivity contribution in [1.82, 2.24) is 14.9 Å². The zero-order valence-corrected chi connectivity index (χ0v) is 14.6. The standard InChI is InChI=1S/C19H22N4O3/c24-18-12-26-19(14-23(18)17-2-1-5-21-10-17)13-22(8-9-25-15-19)11-16-3-6-20-7-4-16/h1-7,10H,8-9,11-15H2. The first-order valence-electron chi connectivity index (χ1n) is 8.77. The summed E-state index contributed by atoms with van der Waals surface area (Å²) in [6.07, 6.45) is 7.03. The molecule has 0 aliphatic carbocycles. The molecule has 0 N–H and O–H groups in total. The number of pyridine rings is 2. The first-order chi connectivity index (χ1) is 12.7. The Morgan fingerprint density at radius 2 is 2.00 bits per heavy atom. The largest absolute Gasteiger partial charge is 0.377 e. The molecule has 2 aromatic heterocycles. The fraction of sp³-hybridized carbons (Fsp3) is 0.421. The van der Waals surface area contributed by atoms with Crippen molar-refractivity contribution < 1.29 is 14.3 Å². The van der Waals surface area contributed by atoms with E-state index in [-0.39, 0.29) is 12.5 Å². The van der Waals surface area contributed by atoms with E-state index in [0.29, 0.717) is 26.3 Å². The summed E-state index contributed by atoms with van der Waals surface area (Å²) in [4.78, 5) is 24.7. The number of rotatable bonds is 3. The van der Waals surface area contributed by atoms with Crippen LogP contribution in [0, 0.1) is 0 Å². The molecule has 0 saturated carbocycles. The van der Waals surface area contributed by atoms with Gasteiger partial charge in [-0.3, -0.25) is 19.7 Å².